The molecule has 0 saturated heterocycles. The van der Waals surface area contributed by atoms with E-state index in [4.69, 9.17) is 15.3 Å². The zero-order valence-corrected chi connectivity index (χ0v) is 42.4. The van der Waals surface area contributed by atoms with Crippen molar-refractivity contribution < 1.29 is 15.3 Å². The first-order valence-electron chi connectivity index (χ1n) is 24.2. The summed E-state index contributed by atoms with van der Waals surface area (Å²) in [6, 6.07) is 52.6. The van der Waals surface area contributed by atoms with Gasteiger partial charge in [0.05, 0.1) is 0 Å². The summed E-state index contributed by atoms with van der Waals surface area (Å²) in [6.07, 6.45) is 5.96. The summed E-state index contributed by atoms with van der Waals surface area (Å²) in [7, 11) is 0. The van der Waals surface area contributed by atoms with Gasteiger partial charge in [-0.05, 0) is 141 Å². The fourth-order valence-electron chi connectivity index (χ4n) is 7.12. The van der Waals surface area contributed by atoms with Gasteiger partial charge in [-0.15, -0.1) is 0 Å². The van der Waals surface area contributed by atoms with Crippen LogP contribution in [0.15, 0.2) is 158 Å². The molecular weight excluding hydrogens is 937 g/mol. The molecule has 0 aliphatic rings. The first-order valence-corrected chi connectivity index (χ1v) is 24.2. The van der Waals surface area contributed by atoms with E-state index >= 15 is 0 Å². The number of hydrogen-bond donors (Lipinski definition) is 3. The Labute approximate surface area is 484 Å². The molecule has 7 rings (SSSR count). The minimum Gasteiger partial charge on any atom is -0.508 e. The van der Waals surface area contributed by atoms with Crippen molar-refractivity contribution in [3.63, 3.8) is 0 Å². The Morgan fingerprint density at radius 3 is 0.896 bits per heavy atom. The molecule has 0 aromatic heterocycles. The highest BCUT2D eigenvalue weighted by atomic mass is 16.3. The van der Waals surface area contributed by atoms with Crippen LogP contribution in [0, 0.1) is 23.7 Å². The van der Waals surface area contributed by atoms with Crippen LogP contribution in [0.1, 0.15) is 232 Å². The van der Waals surface area contributed by atoms with Crippen molar-refractivity contribution in [2.45, 2.75) is 223 Å². The van der Waals surface area contributed by atoms with E-state index in [2.05, 4.69) is 169 Å². The van der Waals surface area contributed by atoms with Gasteiger partial charge < -0.3 is 15.3 Å². The zero-order valence-electron chi connectivity index (χ0n) is 42.4. The van der Waals surface area contributed by atoms with Gasteiger partial charge >= 0.3 is 0 Å². The predicted octanol–water partition coefficient (Wildman–Crippen LogP) is 25.8. The second-order valence-electron chi connectivity index (χ2n) is 19.5. The molecule has 446 valence electrons. The minimum atomic E-state index is 0. The highest BCUT2D eigenvalue weighted by Crippen LogP contribution is 2.28. The Kier molecular flexibility index (Phi) is 67.9. The van der Waals surface area contributed by atoms with Crippen LogP contribution in [0.4, 0.5) is 0 Å². The third kappa shape index (κ3) is 42.2. The first kappa shape index (κ1) is 97.1. The van der Waals surface area contributed by atoms with Crippen molar-refractivity contribution in [1.29, 1.82) is 0 Å². The number of benzene rings is 7. The van der Waals surface area contributed by atoms with Crippen molar-refractivity contribution in [3.05, 3.63) is 186 Å². The average molecular weight is 1070 g/mol. The molecule has 0 unspecified atom stereocenters. The number of phenols is 3. The van der Waals surface area contributed by atoms with Crippen LogP contribution in [0.25, 0.3) is 21.5 Å². The summed E-state index contributed by atoms with van der Waals surface area (Å²) in [5, 5.41) is 32.3. The molecule has 0 aliphatic carbocycles. The van der Waals surface area contributed by atoms with E-state index in [9.17, 15) is 0 Å². The molecule has 0 atom stereocenters. The smallest absolute Gasteiger partial charge is 0.115 e. The molecule has 0 amide bonds. The first-order chi connectivity index (χ1) is 30.9. The standard InChI is InChI=1S/C17H16.3C10H14O.C9H12.C6H14.12CH4/c1-12(2)14-9-10-17-15(11-14)8-7-13-5-3-4-6-16(13)17;3*1-8(2)7-9-3-5-10(11)6-4-9;1-8(2)9-6-4-3-5-7-9;1-4-5-6(2)3;;;;;;;;;;;;/h3-12H,1-2H3;3*3-6,8,11H,7H2,1-2H3;3-8H,1-2H3;6H,4-5H2,1-3H3;12*1H4. The SMILES string of the molecule is C.C.C.C.C.C.C.C.C.C.C.C.CC(C)Cc1ccc(O)cc1.CC(C)Cc1ccc(O)cc1.CC(C)Cc1ccc(O)cc1.CC(C)c1ccc2c(ccc3ccccc32)c1.CC(C)c1ccccc1.CCCC(C)C. The lowest BCUT2D eigenvalue weighted by Gasteiger charge is -2.08. The third-order valence-corrected chi connectivity index (χ3v) is 10.5. The van der Waals surface area contributed by atoms with E-state index in [-0.39, 0.29) is 89.1 Å². The van der Waals surface area contributed by atoms with Crippen LogP contribution in [0.2, 0.25) is 0 Å². The van der Waals surface area contributed by atoms with Gasteiger partial charge in [-0.3, -0.25) is 0 Å². The summed E-state index contributed by atoms with van der Waals surface area (Å²) in [5.74, 6) is 5.22. The number of hydrogen-bond acceptors (Lipinski definition) is 3. The lowest BCUT2D eigenvalue weighted by molar-refractivity contribution is 0.474. The van der Waals surface area contributed by atoms with Crippen molar-refractivity contribution in [2.24, 2.45) is 23.7 Å². The fraction of sp³-hybridized carbons (Fsp3) is 0.486. The lowest BCUT2D eigenvalue weighted by atomic mass is 9.96. The third-order valence-electron chi connectivity index (χ3n) is 10.5. The molecule has 3 nitrogen and oxygen atoms in total. The molecular formula is C74H132O3. The Bertz CT molecular complexity index is 2140. The van der Waals surface area contributed by atoms with E-state index in [0.717, 1.165) is 25.2 Å². The molecule has 0 saturated carbocycles. The topological polar surface area (TPSA) is 60.7 Å². The largest absolute Gasteiger partial charge is 0.508 e. The molecule has 77 heavy (non-hydrogen) atoms. The Hall–Kier alpha value is -5.54. The molecule has 7 aromatic carbocycles. The van der Waals surface area contributed by atoms with Crippen LogP contribution in [-0.4, -0.2) is 15.3 Å². The number of aromatic hydroxyl groups is 3. The maximum absolute atomic E-state index is 8.99. The number of rotatable bonds is 10. The molecule has 0 radical (unpaired) electrons. The van der Waals surface area contributed by atoms with Crippen LogP contribution < -0.4 is 0 Å². The summed E-state index contributed by atoms with van der Waals surface area (Å²) in [6.45, 7) is 28.7. The minimum absolute atomic E-state index is 0. The van der Waals surface area contributed by atoms with Gasteiger partial charge in [0.2, 0.25) is 0 Å². The van der Waals surface area contributed by atoms with Crippen molar-refractivity contribution in [1.82, 2.24) is 0 Å². The van der Waals surface area contributed by atoms with Crippen LogP contribution >= 0.6 is 0 Å². The highest BCUT2D eigenvalue weighted by molar-refractivity contribution is 6.07. The van der Waals surface area contributed by atoms with E-state index < -0.39 is 0 Å². The Morgan fingerprint density at radius 2 is 0.610 bits per heavy atom. The van der Waals surface area contributed by atoms with Crippen LogP contribution in [0.5, 0.6) is 17.2 Å². The van der Waals surface area contributed by atoms with Gasteiger partial charge in [-0.25, -0.2) is 0 Å². The zero-order chi connectivity index (χ0) is 48.3. The molecule has 0 spiro atoms. The maximum Gasteiger partial charge on any atom is 0.115 e. The van der Waals surface area contributed by atoms with E-state index in [0.29, 0.717) is 46.8 Å². The maximum atomic E-state index is 8.99. The molecule has 7 aromatic rings. The van der Waals surface area contributed by atoms with Crippen molar-refractivity contribution in [2.75, 3.05) is 0 Å². The lowest BCUT2D eigenvalue weighted by Crippen LogP contribution is -1.92. The van der Waals surface area contributed by atoms with Gasteiger partial charge in [0, 0.05) is 0 Å². The molecule has 0 heterocycles. The van der Waals surface area contributed by atoms with Gasteiger partial charge in [0.25, 0.3) is 0 Å². The van der Waals surface area contributed by atoms with E-state index in [1.807, 2.05) is 42.5 Å². The van der Waals surface area contributed by atoms with Crippen LogP contribution in [0.3, 0.4) is 0 Å². The second-order valence-corrected chi connectivity index (χ2v) is 19.5. The van der Waals surface area contributed by atoms with Crippen molar-refractivity contribution >= 4 is 21.5 Å². The Morgan fingerprint density at radius 1 is 0.299 bits per heavy atom. The summed E-state index contributed by atoms with van der Waals surface area (Å²) in [5.41, 5.74) is 6.69. The number of fused-ring (bicyclic) bond motifs is 3. The summed E-state index contributed by atoms with van der Waals surface area (Å²) in [4.78, 5) is 0. The predicted molar refractivity (Wildman–Crippen MR) is 367 cm³/mol. The van der Waals surface area contributed by atoms with Gasteiger partial charge in [-0.2, -0.15) is 0 Å². The number of phenolic OH excluding ortho intramolecular Hbond substituents is 3. The molecule has 0 aliphatic heterocycles. The molecule has 3 N–H and O–H groups in total. The Balaban J connectivity index is -0.0000000748. The highest BCUT2D eigenvalue weighted by Gasteiger charge is 2.04. The van der Waals surface area contributed by atoms with E-state index in [1.165, 1.54) is 62.2 Å². The van der Waals surface area contributed by atoms with Gasteiger partial charge in [0.1, 0.15) is 17.2 Å². The average Bonchev–Trinajstić information content (AvgIpc) is 3.27. The van der Waals surface area contributed by atoms with Crippen LogP contribution in [-0.2, 0) is 19.3 Å². The van der Waals surface area contributed by atoms with Gasteiger partial charge in [-0.1, -0.05) is 313 Å². The fourth-order valence-corrected chi connectivity index (χ4v) is 7.12. The second kappa shape index (κ2) is 53.8. The summed E-state index contributed by atoms with van der Waals surface area (Å²) < 4.78 is 0. The van der Waals surface area contributed by atoms with Crippen molar-refractivity contribution in [3.8, 4) is 17.2 Å². The van der Waals surface area contributed by atoms with Gasteiger partial charge in [0.15, 0.2) is 0 Å². The molecule has 0 fully saturated rings. The summed E-state index contributed by atoms with van der Waals surface area (Å²) >= 11 is 0. The normalized spacial score (nSPS) is 8.97. The quantitative estimate of drug-likeness (QED) is 0.120. The molecule has 0 bridgehead atoms. The van der Waals surface area contributed by atoms with E-state index in [1.54, 1.807) is 36.4 Å². The molecule has 3 heteroatoms. The monoisotopic (exact) mass is 1070 g/mol.